The number of aryl methyl sites for hydroxylation is 1. The summed E-state index contributed by atoms with van der Waals surface area (Å²) in [5, 5.41) is 9.17. The van der Waals surface area contributed by atoms with Crippen LogP contribution in [-0.4, -0.2) is 47.0 Å². The molecule has 0 saturated carbocycles. The number of rotatable bonds is 9. The molecule has 6 nitrogen and oxygen atoms in total. The van der Waals surface area contributed by atoms with Gasteiger partial charge in [0.15, 0.2) is 0 Å². The third kappa shape index (κ3) is 5.05. The molecule has 0 aliphatic heterocycles. The molecule has 0 aliphatic carbocycles. The Balaban J connectivity index is 2.96. The van der Waals surface area contributed by atoms with Gasteiger partial charge in [-0.25, -0.2) is 13.1 Å². The summed E-state index contributed by atoms with van der Waals surface area (Å²) in [6.07, 6.45) is 0.240. The molecule has 0 amide bonds. The second kappa shape index (κ2) is 8.45. The molecule has 0 aliphatic rings. The van der Waals surface area contributed by atoms with Crippen LogP contribution in [0.4, 0.5) is 0 Å². The van der Waals surface area contributed by atoms with Crippen LogP contribution in [0.25, 0.3) is 0 Å². The predicted molar refractivity (Wildman–Crippen MR) is 79.6 cm³/mol. The molecule has 2 N–H and O–H groups in total. The van der Waals surface area contributed by atoms with Gasteiger partial charge in [-0.15, -0.1) is 0 Å². The summed E-state index contributed by atoms with van der Waals surface area (Å²) >= 11 is 0. The fraction of sp³-hybridized carbons (Fsp3) is 0.571. The molecule has 0 radical (unpaired) electrons. The molecule has 21 heavy (non-hydrogen) atoms. The van der Waals surface area contributed by atoms with Crippen LogP contribution >= 0.6 is 0 Å². The molecule has 1 aromatic carbocycles. The van der Waals surface area contributed by atoms with Gasteiger partial charge in [0.2, 0.25) is 10.0 Å². The first-order chi connectivity index (χ1) is 9.98. The smallest absolute Gasteiger partial charge is 0.240 e. The van der Waals surface area contributed by atoms with Gasteiger partial charge in [-0.05, 0) is 23.6 Å². The number of aliphatic hydroxyl groups is 1. The number of aliphatic hydroxyl groups excluding tert-OH is 1. The number of hydrogen-bond donors (Lipinski definition) is 2. The summed E-state index contributed by atoms with van der Waals surface area (Å²) in [5.74, 6) is 0. The van der Waals surface area contributed by atoms with Crippen molar-refractivity contribution in [3.63, 3.8) is 0 Å². The van der Waals surface area contributed by atoms with Gasteiger partial charge in [-0.3, -0.25) is 0 Å². The molecular weight excluding hydrogens is 294 g/mol. The van der Waals surface area contributed by atoms with Crippen LogP contribution in [0.2, 0.25) is 0 Å². The molecule has 1 unspecified atom stereocenters. The molecule has 0 bridgehead atoms. The second-order valence-electron chi connectivity index (χ2n) is 4.62. The van der Waals surface area contributed by atoms with Crippen molar-refractivity contribution in [2.75, 3.05) is 27.4 Å². The lowest BCUT2D eigenvalue weighted by Gasteiger charge is -2.16. The molecule has 1 rings (SSSR count). The molecule has 0 aromatic heterocycles. The van der Waals surface area contributed by atoms with E-state index in [1.807, 2.05) is 6.92 Å². The Bertz CT molecular complexity index is 544. The first-order valence-corrected chi connectivity index (χ1v) is 8.20. The molecule has 7 heteroatoms. The monoisotopic (exact) mass is 317 g/mol. The molecule has 1 atom stereocenters. The highest BCUT2D eigenvalue weighted by Crippen LogP contribution is 2.18. The van der Waals surface area contributed by atoms with Crippen molar-refractivity contribution in [2.45, 2.75) is 31.0 Å². The highest BCUT2D eigenvalue weighted by atomic mass is 32.2. The van der Waals surface area contributed by atoms with Crippen LogP contribution < -0.4 is 4.72 Å². The van der Waals surface area contributed by atoms with Crippen LogP contribution in [0.1, 0.15) is 18.1 Å². The maximum absolute atomic E-state index is 12.4. The van der Waals surface area contributed by atoms with Crippen molar-refractivity contribution in [3.05, 3.63) is 29.3 Å². The number of hydrogen-bond acceptors (Lipinski definition) is 5. The number of benzene rings is 1. The fourth-order valence-electron chi connectivity index (χ4n) is 1.92. The zero-order valence-electron chi connectivity index (χ0n) is 12.6. The Labute approximate surface area is 126 Å². The van der Waals surface area contributed by atoms with E-state index in [0.717, 1.165) is 0 Å². The van der Waals surface area contributed by atoms with Crippen LogP contribution in [0, 0.1) is 0 Å². The quantitative estimate of drug-likeness (QED) is 0.700. The molecule has 120 valence electrons. The maximum Gasteiger partial charge on any atom is 0.240 e. The second-order valence-corrected chi connectivity index (χ2v) is 6.35. The maximum atomic E-state index is 12.4. The van der Waals surface area contributed by atoms with Crippen molar-refractivity contribution in [2.24, 2.45) is 0 Å². The van der Waals surface area contributed by atoms with Crippen molar-refractivity contribution in [1.29, 1.82) is 0 Å². The van der Waals surface area contributed by atoms with Gasteiger partial charge in [0.1, 0.15) is 0 Å². The van der Waals surface area contributed by atoms with E-state index in [1.165, 1.54) is 20.3 Å². The third-order valence-electron chi connectivity index (χ3n) is 3.17. The number of nitrogens with one attached hydrogen (secondary N) is 1. The van der Waals surface area contributed by atoms with Gasteiger partial charge in [-0.2, -0.15) is 0 Å². The molecular formula is C14H23NO5S. The number of sulfonamides is 1. The van der Waals surface area contributed by atoms with E-state index in [2.05, 4.69) is 4.72 Å². The summed E-state index contributed by atoms with van der Waals surface area (Å²) in [6.45, 7) is 2.11. The van der Waals surface area contributed by atoms with Gasteiger partial charge in [0.05, 0.1) is 24.2 Å². The Morgan fingerprint density at radius 2 is 2.05 bits per heavy atom. The highest BCUT2D eigenvalue weighted by Gasteiger charge is 2.20. The third-order valence-corrected chi connectivity index (χ3v) is 4.68. The van der Waals surface area contributed by atoms with E-state index < -0.39 is 10.0 Å². The first kappa shape index (κ1) is 18.1. The van der Waals surface area contributed by atoms with Crippen LogP contribution in [0.15, 0.2) is 23.1 Å². The van der Waals surface area contributed by atoms with Crippen molar-refractivity contribution < 1.29 is 23.0 Å². The molecule has 0 fully saturated rings. The summed E-state index contributed by atoms with van der Waals surface area (Å²) in [4.78, 5) is 0.198. The summed E-state index contributed by atoms with van der Waals surface area (Å²) in [7, 11) is -0.626. The normalized spacial score (nSPS) is 13.3. The van der Waals surface area contributed by atoms with Crippen LogP contribution in [-0.2, 0) is 32.5 Å². The molecule has 1 aromatic rings. The minimum Gasteiger partial charge on any atom is -0.392 e. The first-order valence-electron chi connectivity index (χ1n) is 6.72. The zero-order chi connectivity index (χ0) is 15.9. The van der Waals surface area contributed by atoms with Gasteiger partial charge >= 0.3 is 0 Å². The SMILES string of the molecule is CCc1ccc(CO)cc1S(=O)(=O)NCC(COC)OC. The predicted octanol–water partition coefficient (Wildman–Crippen LogP) is 0.681. The van der Waals surface area contributed by atoms with E-state index in [0.29, 0.717) is 24.2 Å². The van der Waals surface area contributed by atoms with Crippen molar-refractivity contribution >= 4 is 10.0 Å². The van der Waals surface area contributed by atoms with Crippen molar-refractivity contribution in [1.82, 2.24) is 4.72 Å². The summed E-state index contributed by atoms with van der Waals surface area (Å²) in [5.41, 5.74) is 1.27. The van der Waals surface area contributed by atoms with E-state index in [1.54, 1.807) is 12.1 Å². The summed E-state index contributed by atoms with van der Waals surface area (Å²) in [6, 6.07) is 4.95. The van der Waals surface area contributed by atoms with Crippen LogP contribution in [0.5, 0.6) is 0 Å². The topological polar surface area (TPSA) is 84.9 Å². The lowest BCUT2D eigenvalue weighted by atomic mass is 10.1. The zero-order valence-corrected chi connectivity index (χ0v) is 13.4. The van der Waals surface area contributed by atoms with E-state index in [-0.39, 0.29) is 24.2 Å². The lowest BCUT2D eigenvalue weighted by Crippen LogP contribution is -2.36. The van der Waals surface area contributed by atoms with E-state index in [9.17, 15) is 8.42 Å². The number of ether oxygens (including phenoxy) is 2. The lowest BCUT2D eigenvalue weighted by molar-refractivity contribution is 0.0320. The van der Waals surface area contributed by atoms with Gasteiger partial charge < -0.3 is 14.6 Å². The minimum absolute atomic E-state index is 0.124. The standard InChI is InChI=1S/C14H23NO5S/c1-4-12-6-5-11(9-16)7-14(12)21(17,18)15-8-13(20-3)10-19-2/h5-7,13,15-16H,4,8-10H2,1-3H3. The Hall–Kier alpha value is -0.990. The van der Waals surface area contributed by atoms with Gasteiger partial charge in [0, 0.05) is 20.8 Å². The van der Waals surface area contributed by atoms with Gasteiger partial charge in [0.25, 0.3) is 0 Å². The van der Waals surface area contributed by atoms with Gasteiger partial charge in [-0.1, -0.05) is 19.1 Å². The number of methoxy groups -OCH3 is 2. The minimum atomic E-state index is -3.66. The Kier molecular flexibility index (Phi) is 7.27. The fourth-order valence-corrected chi connectivity index (χ4v) is 3.34. The largest absolute Gasteiger partial charge is 0.392 e. The molecule has 0 heterocycles. The van der Waals surface area contributed by atoms with Crippen molar-refractivity contribution in [3.8, 4) is 0 Å². The summed E-state index contributed by atoms with van der Waals surface area (Å²) < 4.78 is 37.4. The Morgan fingerprint density at radius 1 is 1.33 bits per heavy atom. The average molecular weight is 317 g/mol. The van der Waals surface area contributed by atoms with Crippen LogP contribution in [0.3, 0.4) is 0 Å². The van der Waals surface area contributed by atoms with E-state index in [4.69, 9.17) is 14.6 Å². The average Bonchev–Trinajstić information content (AvgIpc) is 2.50. The highest BCUT2D eigenvalue weighted by molar-refractivity contribution is 7.89. The molecule has 0 saturated heterocycles. The molecule has 0 spiro atoms. The Morgan fingerprint density at radius 3 is 2.57 bits per heavy atom. The van der Waals surface area contributed by atoms with E-state index >= 15 is 0 Å².